The summed E-state index contributed by atoms with van der Waals surface area (Å²) in [6.45, 7) is 6.10. The molecule has 0 aliphatic rings. The van der Waals surface area contributed by atoms with Crippen LogP contribution in [0.1, 0.15) is 6.92 Å². The molecule has 1 rings (SSSR count). The predicted octanol–water partition coefficient (Wildman–Crippen LogP) is 1.81. The third kappa shape index (κ3) is 2.93. The van der Waals surface area contributed by atoms with Crippen molar-refractivity contribution in [2.24, 2.45) is 0 Å². The zero-order valence-electron chi connectivity index (χ0n) is 7.03. The average molecular weight is 164 g/mol. The molecule has 0 fully saturated rings. The first-order valence-electron chi connectivity index (χ1n) is 3.57. The second kappa shape index (κ2) is 6.05. The van der Waals surface area contributed by atoms with E-state index in [0.717, 1.165) is 5.75 Å². The molecule has 64 valence electrons. The van der Waals surface area contributed by atoms with Crippen molar-refractivity contribution >= 4 is 5.69 Å². The summed E-state index contributed by atoms with van der Waals surface area (Å²) in [5.41, 5.74) is 6.28. The lowest BCUT2D eigenvalue weighted by Gasteiger charge is -2.04. The fraction of sp³-hybridized carbons (Fsp3) is 0.222. The van der Waals surface area contributed by atoms with Crippen LogP contribution in [-0.2, 0) is 0 Å². The summed E-state index contributed by atoms with van der Waals surface area (Å²) < 4.78 is 5.21. The van der Waals surface area contributed by atoms with Gasteiger partial charge in [-0.15, -0.1) is 0 Å². The molecule has 0 spiro atoms. The van der Waals surface area contributed by atoms with Crippen LogP contribution in [0, 0.1) is 11.8 Å². The Balaban J connectivity index is 0.000000561. The monoisotopic (exact) mass is 164 g/mol. The Kier molecular flexibility index (Phi) is 5.20. The summed E-state index contributed by atoms with van der Waals surface area (Å²) >= 11 is 0. The van der Waals surface area contributed by atoms with Gasteiger partial charge in [0, 0.05) is 6.57 Å². The van der Waals surface area contributed by atoms with Crippen LogP contribution in [0.3, 0.4) is 0 Å². The highest BCUT2D eigenvalue weighted by atomic mass is 16.5. The van der Waals surface area contributed by atoms with E-state index in [0.29, 0.717) is 12.3 Å². The number of hydrogen-bond donors (Lipinski definition) is 1. The van der Waals surface area contributed by atoms with Crippen LogP contribution >= 0.6 is 0 Å². The third-order valence-corrected chi connectivity index (χ3v) is 1.22. The van der Waals surface area contributed by atoms with Crippen molar-refractivity contribution < 1.29 is 4.74 Å². The lowest BCUT2D eigenvalue weighted by molar-refractivity contribution is 0.342. The number of nitriles is 1. The topological polar surface area (TPSA) is 59.0 Å². The number of nitrogen functional groups attached to an aromatic ring is 1. The Bertz CT molecular complexity index is 245. The summed E-state index contributed by atoms with van der Waals surface area (Å²) in [5, 5.41) is 6.50. The molecule has 0 aliphatic heterocycles. The maximum atomic E-state index is 6.50. The van der Waals surface area contributed by atoms with Gasteiger partial charge in [-0.05, 0) is 19.1 Å². The highest BCUT2D eigenvalue weighted by Gasteiger charge is 1.93. The zero-order chi connectivity index (χ0) is 9.40. The number of nitrogens with two attached hydrogens (primary N) is 1. The van der Waals surface area contributed by atoms with Crippen molar-refractivity contribution in [1.82, 2.24) is 0 Å². The van der Waals surface area contributed by atoms with Crippen molar-refractivity contribution in [1.29, 1.82) is 5.26 Å². The molecule has 3 heteroatoms. The highest BCUT2D eigenvalue weighted by molar-refractivity contribution is 5.51. The molecule has 0 saturated heterocycles. The van der Waals surface area contributed by atoms with E-state index in [1.807, 2.05) is 31.2 Å². The van der Waals surface area contributed by atoms with E-state index in [9.17, 15) is 0 Å². The molecule has 1 aromatic rings. The standard InChI is InChI=1S/C8H11NO.CHN/c1-2-10-8-6-4-3-5-7(8)9;1-2/h3-6H,2,9H2,1H3;1H. The number of anilines is 1. The zero-order valence-corrected chi connectivity index (χ0v) is 7.03. The van der Waals surface area contributed by atoms with Gasteiger partial charge in [0.25, 0.3) is 0 Å². The maximum Gasteiger partial charge on any atom is 0.142 e. The fourth-order valence-electron chi connectivity index (χ4n) is 0.767. The van der Waals surface area contributed by atoms with Crippen LogP contribution in [0.4, 0.5) is 5.69 Å². The molecular formula is C9H12N2O. The second-order valence-corrected chi connectivity index (χ2v) is 1.97. The van der Waals surface area contributed by atoms with E-state index >= 15 is 0 Å². The molecule has 0 saturated carbocycles. The average Bonchev–Trinajstić information content (AvgIpc) is 2.13. The van der Waals surface area contributed by atoms with Crippen LogP contribution in [0.15, 0.2) is 24.3 Å². The van der Waals surface area contributed by atoms with Gasteiger partial charge in [0.2, 0.25) is 0 Å². The fourth-order valence-corrected chi connectivity index (χ4v) is 0.767. The quantitative estimate of drug-likeness (QED) is 0.678. The van der Waals surface area contributed by atoms with E-state index in [-0.39, 0.29) is 0 Å². The largest absolute Gasteiger partial charge is 0.492 e. The van der Waals surface area contributed by atoms with E-state index in [2.05, 4.69) is 6.57 Å². The second-order valence-electron chi connectivity index (χ2n) is 1.97. The van der Waals surface area contributed by atoms with Gasteiger partial charge in [-0.2, -0.15) is 0 Å². The number of rotatable bonds is 2. The molecule has 2 N–H and O–H groups in total. The minimum atomic E-state index is 0.661. The Morgan fingerprint density at radius 1 is 1.42 bits per heavy atom. The van der Waals surface area contributed by atoms with Crippen LogP contribution in [0.5, 0.6) is 5.75 Å². The Morgan fingerprint density at radius 2 is 2.00 bits per heavy atom. The van der Waals surface area contributed by atoms with Gasteiger partial charge in [-0.3, -0.25) is 0 Å². The molecule has 0 aliphatic carbocycles. The lowest BCUT2D eigenvalue weighted by Crippen LogP contribution is -1.95. The van der Waals surface area contributed by atoms with Gasteiger partial charge >= 0.3 is 0 Å². The first kappa shape index (κ1) is 10.3. The number of nitrogens with zero attached hydrogens (tertiary/aromatic N) is 1. The molecule has 0 amide bonds. The molecule has 0 heterocycles. The minimum absolute atomic E-state index is 0.661. The van der Waals surface area contributed by atoms with Crippen molar-refractivity contribution in [3.63, 3.8) is 0 Å². The summed E-state index contributed by atoms with van der Waals surface area (Å²) in [4.78, 5) is 0. The molecule has 0 bridgehead atoms. The van der Waals surface area contributed by atoms with Gasteiger partial charge in [0.1, 0.15) is 5.75 Å². The number of para-hydroxylation sites is 2. The van der Waals surface area contributed by atoms with Crippen LogP contribution in [-0.4, -0.2) is 6.61 Å². The molecule has 1 aromatic carbocycles. The first-order valence-corrected chi connectivity index (χ1v) is 3.57. The Hall–Kier alpha value is -1.69. The van der Waals surface area contributed by atoms with Crippen LogP contribution < -0.4 is 10.5 Å². The van der Waals surface area contributed by atoms with Gasteiger partial charge in [-0.1, -0.05) is 12.1 Å². The number of ether oxygens (including phenoxy) is 1. The number of benzene rings is 1. The minimum Gasteiger partial charge on any atom is -0.492 e. The van der Waals surface area contributed by atoms with E-state index in [1.54, 1.807) is 0 Å². The van der Waals surface area contributed by atoms with Gasteiger partial charge in [-0.25, -0.2) is 5.26 Å². The highest BCUT2D eigenvalue weighted by Crippen LogP contribution is 2.18. The first-order chi connectivity index (χ1) is 5.84. The van der Waals surface area contributed by atoms with E-state index in [1.165, 1.54) is 0 Å². The van der Waals surface area contributed by atoms with Gasteiger partial charge in [0.05, 0.1) is 12.3 Å². The number of hydrogen-bond acceptors (Lipinski definition) is 3. The summed E-state index contributed by atoms with van der Waals surface area (Å²) in [6.07, 6.45) is 0. The molecule has 12 heavy (non-hydrogen) atoms. The summed E-state index contributed by atoms with van der Waals surface area (Å²) in [6, 6.07) is 7.48. The van der Waals surface area contributed by atoms with Crippen LogP contribution in [0.25, 0.3) is 0 Å². The van der Waals surface area contributed by atoms with Gasteiger partial charge < -0.3 is 10.5 Å². The van der Waals surface area contributed by atoms with Crippen molar-refractivity contribution in [2.75, 3.05) is 12.3 Å². The maximum absolute atomic E-state index is 6.50. The normalized spacial score (nSPS) is 7.92. The Morgan fingerprint density at radius 3 is 2.50 bits per heavy atom. The molecule has 0 atom stereocenters. The van der Waals surface area contributed by atoms with E-state index in [4.69, 9.17) is 15.7 Å². The molecule has 0 aromatic heterocycles. The molecule has 0 unspecified atom stereocenters. The van der Waals surface area contributed by atoms with Crippen molar-refractivity contribution in [3.8, 4) is 12.3 Å². The lowest BCUT2D eigenvalue weighted by atomic mass is 10.3. The Labute approximate surface area is 72.4 Å². The molecule has 0 radical (unpaired) electrons. The predicted molar refractivity (Wildman–Crippen MR) is 48.7 cm³/mol. The summed E-state index contributed by atoms with van der Waals surface area (Å²) in [7, 11) is 0. The third-order valence-electron chi connectivity index (χ3n) is 1.22. The summed E-state index contributed by atoms with van der Waals surface area (Å²) in [5.74, 6) is 0.769. The van der Waals surface area contributed by atoms with Crippen LogP contribution in [0.2, 0.25) is 0 Å². The SMILES string of the molecule is C#N.CCOc1ccccc1N. The molecular weight excluding hydrogens is 152 g/mol. The van der Waals surface area contributed by atoms with E-state index < -0.39 is 0 Å². The smallest absolute Gasteiger partial charge is 0.142 e. The van der Waals surface area contributed by atoms with Gasteiger partial charge in [0.15, 0.2) is 0 Å². The van der Waals surface area contributed by atoms with Crippen molar-refractivity contribution in [2.45, 2.75) is 6.92 Å². The molecule has 3 nitrogen and oxygen atoms in total. The van der Waals surface area contributed by atoms with Crippen molar-refractivity contribution in [3.05, 3.63) is 24.3 Å².